The molecular formula is C19H19NO6S. The summed E-state index contributed by atoms with van der Waals surface area (Å²) in [7, 11) is -3.08. The molecule has 1 aliphatic heterocycles. The van der Waals surface area contributed by atoms with Crippen molar-refractivity contribution in [1.82, 2.24) is 5.32 Å². The molecule has 1 saturated heterocycles. The van der Waals surface area contributed by atoms with Crippen molar-refractivity contribution in [3.63, 3.8) is 0 Å². The average Bonchev–Trinajstić information content (AvgIpc) is 3.12. The van der Waals surface area contributed by atoms with Gasteiger partial charge in [0, 0.05) is 22.9 Å². The van der Waals surface area contributed by atoms with Crippen molar-refractivity contribution >= 4 is 37.7 Å². The lowest BCUT2D eigenvalue weighted by molar-refractivity contribution is -0.121. The SMILES string of the molecule is Cc1coc2cc3oc(=O)c(CC(=O)N[C@H]4CCS(=O)(=O)C4)c(C)c3cc12. The molecule has 142 valence electrons. The van der Waals surface area contributed by atoms with Crippen LogP contribution in [0.3, 0.4) is 0 Å². The summed E-state index contributed by atoms with van der Waals surface area (Å²) >= 11 is 0. The number of rotatable bonds is 3. The van der Waals surface area contributed by atoms with Crippen LogP contribution in [0.25, 0.3) is 21.9 Å². The van der Waals surface area contributed by atoms with Crippen LogP contribution < -0.4 is 10.9 Å². The number of fused-ring (bicyclic) bond motifs is 2. The fourth-order valence-electron chi connectivity index (χ4n) is 3.59. The zero-order valence-electron chi connectivity index (χ0n) is 15.0. The predicted molar refractivity (Wildman–Crippen MR) is 101 cm³/mol. The van der Waals surface area contributed by atoms with E-state index in [0.717, 1.165) is 16.3 Å². The van der Waals surface area contributed by atoms with E-state index in [1.165, 1.54) is 0 Å². The van der Waals surface area contributed by atoms with E-state index in [1.54, 1.807) is 19.3 Å². The monoisotopic (exact) mass is 389 g/mol. The summed E-state index contributed by atoms with van der Waals surface area (Å²) < 4.78 is 33.9. The molecule has 0 spiro atoms. The molecule has 1 aliphatic rings. The molecule has 0 aliphatic carbocycles. The minimum absolute atomic E-state index is 0.0538. The van der Waals surface area contributed by atoms with Gasteiger partial charge >= 0.3 is 5.63 Å². The van der Waals surface area contributed by atoms with E-state index in [0.29, 0.717) is 23.2 Å². The van der Waals surface area contributed by atoms with Crippen molar-refractivity contribution in [3.8, 4) is 0 Å². The lowest BCUT2D eigenvalue weighted by Gasteiger charge is -2.12. The lowest BCUT2D eigenvalue weighted by atomic mass is 10.0. The Bertz CT molecular complexity index is 1230. The van der Waals surface area contributed by atoms with Crippen molar-refractivity contribution in [2.75, 3.05) is 11.5 Å². The molecule has 1 atom stereocenters. The predicted octanol–water partition coefficient (Wildman–Crippen LogP) is 2.00. The van der Waals surface area contributed by atoms with Gasteiger partial charge in [-0.25, -0.2) is 13.2 Å². The van der Waals surface area contributed by atoms with Gasteiger partial charge in [0.15, 0.2) is 9.84 Å². The van der Waals surface area contributed by atoms with Gasteiger partial charge in [-0.1, -0.05) is 0 Å². The second kappa shape index (κ2) is 6.23. The van der Waals surface area contributed by atoms with Crippen molar-refractivity contribution < 1.29 is 22.0 Å². The third-order valence-electron chi connectivity index (χ3n) is 5.11. The first-order valence-electron chi connectivity index (χ1n) is 8.67. The number of nitrogens with one attached hydrogen (secondary N) is 1. The first kappa shape index (κ1) is 17.8. The third-order valence-corrected chi connectivity index (χ3v) is 6.88. The minimum Gasteiger partial charge on any atom is -0.464 e. The highest BCUT2D eigenvalue weighted by Gasteiger charge is 2.29. The van der Waals surface area contributed by atoms with Crippen molar-refractivity contribution in [3.05, 3.63) is 45.5 Å². The summed E-state index contributed by atoms with van der Waals surface area (Å²) in [5, 5.41) is 4.38. The maximum absolute atomic E-state index is 12.4. The topological polar surface area (TPSA) is 107 Å². The van der Waals surface area contributed by atoms with Gasteiger partial charge in [0.2, 0.25) is 5.91 Å². The second-order valence-electron chi connectivity index (χ2n) is 7.10. The highest BCUT2D eigenvalue weighted by Crippen LogP contribution is 2.28. The normalized spacial score (nSPS) is 19.0. The summed E-state index contributed by atoms with van der Waals surface area (Å²) in [4.78, 5) is 24.7. The Hall–Kier alpha value is -2.61. The highest BCUT2D eigenvalue weighted by molar-refractivity contribution is 7.91. The maximum atomic E-state index is 12.4. The standard InChI is InChI=1S/C19H19NO6S/c1-10-8-25-16-7-17-14(5-13(10)16)11(2)15(19(22)26-17)6-18(21)20-12-3-4-27(23,24)9-12/h5,7-8,12H,3-4,6,9H2,1-2H3,(H,20,21)/t12-/m0/s1. The summed E-state index contributed by atoms with van der Waals surface area (Å²) in [6.07, 6.45) is 1.89. The molecule has 27 heavy (non-hydrogen) atoms. The molecular weight excluding hydrogens is 370 g/mol. The zero-order valence-corrected chi connectivity index (χ0v) is 15.8. The number of hydrogen-bond acceptors (Lipinski definition) is 6. The largest absolute Gasteiger partial charge is 0.464 e. The number of aryl methyl sites for hydroxylation is 2. The first-order chi connectivity index (χ1) is 12.7. The van der Waals surface area contributed by atoms with Crippen LogP contribution in [0.1, 0.15) is 23.1 Å². The van der Waals surface area contributed by atoms with E-state index in [1.807, 2.05) is 13.0 Å². The summed E-state index contributed by atoms with van der Waals surface area (Å²) in [5.41, 5.74) is 2.40. The number of hydrogen-bond donors (Lipinski definition) is 1. The molecule has 4 rings (SSSR count). The van der Waals surface area contributed by atoms with Crippen LogP contribution in [-0.2, 0) is 21.1 Å². The van der Waals surface area contributed by atoms with Gasteiger partial charge in [-0.15, -0.1) is 0 Å². The molecule has 2 aromatic heterocycles. The molecule has 3 aromatic rings. The van der Waals surface area contributed by atoms with Gasteiger partial charge in [-0.2, -0.15) is 0 Å². The average molecular weight is 389 g/mol. The van der Waals surface area contributed by atoms with E-state index in [9.17, 15) is 18.0 Å². The molecule has 0 radical (unpaired) electrons. The Morgan fingerprint density at radius 1 is 1.22 bits per heavy atom. The Balaban J connectivity index is 1.67. The van der Waals surface area contributed by atoms with Crippen LogP contribution in [-0.4, -0.2) is 31.9 Å². The Labute approximate surface area is 155 Å². The number of carbonyl (C=O) groups excluding carboxylic acids is 1. The molecule has 1 N–H and O–H groups in total. The molecule has 0 unspecified atom stereocenters. The van der Waals surface area contributed by atoms with E-state index < -0.39 is 21.5 Å². The van der Waals surface area contributed by atoms with Crippen LogP contribution in [0.15, 0.2) is 32.0 Å². The molecule has 7 nitrogen and oxygen atoms in total. The molecule has 0 bridgehead atoms. The van der Waals surface area contributed by atoms with Crippen LogP contribution >= 0.6 is 0 Å². The van der Waals surface area contributed by atoms with Gasteiger partial charge in [0.05, 0.1) is 29.8 Å². The number of benzene rings is 1. The van der Waals surface area contributed by atoms with Crippen molar-refractivity contribution in [1.29, 1.82) is 0 Å². The molecule has 0 saturated carbocycles. The molecule has 1 fully saturated rings. The van der Waals surface area contributed by atoms with E-state index in [-0.39, 0.29) is 29.4 Å². The van der Waals surface area contributed by atoms with Crippen molar-refractivity contribution in [2.24, 2.45) is 0 Å². The maximum Gasteiger partial charge on any atom is 0.340 e. The van der Waals surface area contributed by atoms with Crippen LogP contribution in [0, 0.1) is 13.8 Å². The number of furan rings is 1. The third kappa shape index (κ3) is 3.25. The minimum atomic E-state index is -3.08. The van der Waals surface area contributed by atoms with E-state index in [4.69, 9.17) is 8.83 Å². The number of carbonyl (C=O) groups is 1. The van der Waals surface area contributed by atoms with Gasteiger partial charge in [-0.05, 0) is 37.5 Å². The van der Waals surface area contributed by atoms with E-state index >= 15 is 0 Å². The van der Waals surface area contributed by atoms with Crippen molar-refractivity contribution in [2.45, 2.75) is 32.7 Å². The number of amides is 1. The Morgan fingerprint density at radius 2 is 2.00 bits per heavy atom. The summed E-state index contributed by atoms with van der Waals surface area (Å²) in [5.74, 6) is -0.357. The van der Waals surface area contributed by atoms with Gasteiger partial charge < -0.3 is 14.2 Å². The quantitative estimate of drug-likeness (QED) is 0.687. The molecule has 3 heterocycles. The van der Waals surface area contributed by atoms with Crippen LogP contribution in [0.4, 0.5) is 0 Å². The smallest absolute Gasteiger partial charge is 0.340 e. The zero-order chi connectivity index (χ0) is 19.3. The summed E-state index contributed by atoms with van der Waals surface area (Å²) in [6, 6.07) is 3.18. The number of sulfone groups is 1. The Morgan fingerprint density at radius 3 is 2.70 bits per heavy atom. The Kier molecular flexibility index (Phi) is 4.10. The van der Waals surface area contributed by atoms with Gasteiger partial charge in [-0.3, -0.25) is 4.79 Å². The second-order valence-corrected chi connectivity index (χ2v) is 9.33. The molecule has 1 aromatic carbocycles. The molecule has 1 amide bonds. The fourth-order valence-corrected chi connectivity index (χ4v) is 5.26. The fraction of sp³-hybridized carbons (Fsp3) is 0.368. The molecule has 8 heteroatoms. The summed E-state index contributed by atoms with van der Waals surface area (Å²) in [6.45, 7) is 3.71. The van der Waals surface area contributed by atoms with Gasteiger partial charge in [0.25, 0.3) is 0 Å². The first-order valence-corrected chi connectivity index (χ1v) is 10.5. The van der Waals surface area contributed by atoms with Crippen LogP contribution in [0.5, 0.6) is 0 Å². The van der Waals surface area contributed by atoms with E-state index in [2.05, 4.69) is 5.32 Å². The lowest BCUT2D eigenvalue weighted by Crippen LogP contribution is -2.37. The van der Waals surface area contributed by atoms with Gasteiger partial charge in [0.1, 0.15) is 11.2 Å². The highest BCUT2D eigenvalue weighted by atomic mass is 32.2. The van der Waals surface area contributed by atoms with Crippen LogP contribution in [0.2, 0.25) is 0 Å².